The number of rotatable bonds is 2. The number of aryl methyl sites for hydroxylation is 2. The lowest BCUT2D eigenvalue weighted by Gasteiger charge is -2.10. The van der Waals surface area contributed by atoms with E-state index < -0.39 is 0 Å². The molecule has 0 unspecified atom stereocenters. The van der Waals surface area contributed by atoms with Crippen LogP contribution < -0.4 is 5.73 Å². The molecule has 0 aliphatic carbocycles. The molecule has 0 aliphatic heterocycles. The fourth-order valence-electron chi connectivity index (χ4n) is 2.28. The first-order valence-electron chi connectivity index (χ1n) is 6.47. The van der Waals surface area contributed by atoms with Crippen LogP contribution in [0.4, 0.5) is 10.1 Å². The number of halogens is 1. The molecular formula is C15H14FN5. The molecule has 6 heteroatoms. The third-order valence-corrected chi connectivity index (χ3v) is 3.31. The summed E-state index contributed by atoms with van der Waals surface area (Å²) in [6.45, 7) is 3.99. The second-order valence-corrected chi connectivity index (χ2v) is 4.94. The first-order valence-corrected chi connectivity index (χ1v) is 6.47. The number of tetrazole rings is 1. The molecule has 0 bridgehead atoms. The van der Waals surface area contributed by atoms with E-state index in [0.717, 1.165) is 16.8 Å². The maximum Gasteiger partial charge on any atom is 0.189 e. The fraction of sp³-hybridized carbons (Fsp3) is 0.133. The summed E-state index contributed by atoms with van der Waals surface area (Å²) in [6.07, 6.45) is 0. The predicted octanol–water partition coefficient (Wildman–Crippen LogP) is 2.67. The van der Waals surface area contributed by atoms with Crippen LogP contribution in [-0.4, -0.2) is 20.2 Å². The van der Waals surface area contributed by atoms with Gasteiger partial charge in [-0.3, -0.25) is 0 Å². The van der Waals surface area contributed by atoms with Gasteiger partial charge in [0.25, 0.3) is 0 Å². The van der Waals surface area contributed by atoms with Gasteiger partial charge in [0.1, 0.15) is 5.82 Å². The van der Waals surface area contributed by atoms with Crippen molar-refractivity contribution in [2.45, 2.75) is 13.8 Å². The van der Waals surface area contributed by atoms with Gasteiger partial charge in [0.2, 0.25) is 0 Å². The zero-order chi connectivity index (χ0) is 15.0. The summed E-state index contributed by atoms with van der Waals surface area (Å²) >= 11 is 0. The molecule has 0 saturated heterocycles. The van der Waals surface area contributed by atoms with E-state index in [2.05, 4.69) is 15.5 Å². The molecule has 0 spiro atoms. The quantitative estimate of drug-likeness (QED) is 0.734. The third kappa shape index (κ3) is 2.35. The number of nitrogens with two attached hydrogens (primary N) is 1. The molecular weight excluding hydrogens is 269 g/mol. The number of aromatic nitrogens is 4. The van der Waals surface area contributed by atoms with Crippen LogP contribution in [0.5, 0.6) is 0 Å². The van der Waals surface area contributed by atoms with E-state index >= 15 is 0 Å². The summed E-state index contributed by atoms with van der Waals surface area (Å²) in [7, 11) is 0. The smallest absolute Gasteiger partial charge is 0.189 e. The molecule has 0 aliphatic rings. The molecule has 21 heavy (non-hydrogen) atoms. The van der Waals surface area contributed by atoms with Gasteiger partial charge in [-0.15, -0.1) is 5.10 Å². The van der Waals surface area contributed by atoms with Gasteiger partial charge in [-0.2, -0.15) is 4.68 Å². The van der Waals surface area contributed by atoms with Crippen molar-refractivity contribution in [2.24, 2.45) is 0 Å². The normalized spacial score (nSPS) is 10.8. The molecule has 1 aromatic heterocycles. The second-order valence-electron chi connectivity index (χ2n) is 4.94. The van der Waals surface area contributed by atoms with Gasteiger partial charge in [0.15, 0.2) is 5.82 Å². The second kappa shape index (κ2) is 4.97. The third-order valence-electron chi connectivity index (χ3n) is 3.31. The van der Waals surface area contributed by atoms with Crippen LogP contribution >= 0.6 is 0 Å². The Balaban J connectivity index is 2.19. The summed E-state index contributed by atoms with van der Waals surface area (Å²) in [5, 5.41) is 11.7. The highest BCUT2D eigenvalue weighted by Crippen LogP contribution is 2.27. The zero-order valence-electron chi connectivity index (χ0n) is 11.7. The topological polar surface area (TPSA) is 69.6 Å². The Morgan fingerprint density at radius 1 is 1.10 bits per heavy atom. The molecule has 0 fully saturated rings. The lowest BCUT2D eigenvalue weighted by Crippen LogP contribution is -2.04. The molecule has 2 aromatic carbocycles. The predicted molar refractivity (Wildman–Crippen MR) is 78.4 cm³/mol. The number of hydrogen-bond donors (Lipinski definition) is 1. The summed E-state index contributed by atoms with van der Waals surface area (Å²) in [5.41, 5.74) is 9.83. The minimum atomic E-state index is -0.380. The van der Waals surface area contributed by atoms with Gasteiger partial charge in [0.05, 0.1) is 5.69 Å². The molecule has 2 N–H and O–H groups in total. The van der Waals surface area contributed by atoms with Crippen molar-refractivity contribution in [3.63, 3.8) is 0 Å². The molecule has 106 valence electrons. The first-order chi connectivity index (χ1) is 10.1. The van der Waals surface area contributed by atoms with Crippen LogP contribution in [0.15, 0.2) is 36.4 Å². The highest BCUT2D eigenvalue weighted by molar-refractivity contribution is 5.72. The molecule has 3 aromatic rings. The molecule has 0 atom stereocenters. The number of benzene rings is 2. The average Bonchev–Trinajstić information content (AvgIpc) is 2.90. The molecule has 0 amide bonds. The highest BCUT2D eigenvalue weighted by Gasteiger charge is 2.15. The lowest BCUT2D eigenvalue weighted by atomic mass is 10.1. The molecule has 0 radical (unpaired) electrons. The number of anilines is 1. The van der Waals surface area contributed by atoms with E-state index in [9.17, 15) is 4.39 Å². The summed E-state index contributed by atoms with van der Waals surface area (Å²) in [6, 6.07) is 10.1. The zero-order valence-corrected chi connectivity index (χ0v) is 11.7. The van der Waals surface area contributed by atoms with Crippen molar-refractivity contribution >= 4 is 5.69 Å². The monoisotopic (exact) mass is 283 g/mol. The van der Waals surface area contributed by atoms with E-state index in [4.69, 9.17) is 5.73 Å². The van der Waals surface area contributed by atoms with E-state index in [-0.39, 0.29) is 5.82 Å². The van der Waals surface area contributed by atoms with Gasteiger partial charge in [-0.25, -0.2) is 4.39 Å². The van der Waals surface area contributed by atoms with Crippen molar-refractivity contribution in [3.05, 3.63) is 53.3 Å². The highest BCUT2D eigenvalue weighted by atomic mass is 19.1. The van der Waals surface area contributed by atoms with Crippen LogP contribution in [0, 0.1) is 19.7 Å². The Morgan fingerprint density at radius 3 is 2.67 bits per heavy atom. The van der Waals surface area contributed by atoms with E-state index in [0.29, 0.717) is 17.1 Å². The van der Waals surface area contributed by atoms with Crippen LogP contribution in [0.1, 0.15) is 11.1 Å². The van der Waals surface area contributed by atoms with E-state index in [1.54, 1.807) is 4.68 Å². The van der Waals surface area contributed by atoms with Crippen molar-refractivity contribution < 1.29 is 4.39 Å². The van der Waals surface area contributed by atoms with Crippen molar-refractivity contribution in [3.8, 4) is 17.1 Å². The van der Waals surface area contributed by atoms with E-state index in [1.165, 1.54) is 18.2 Å². The Morgan fingerprint density at radius 2 is 1.90 bits per heavy atom. The maximum atomic E-state index is 13.5. The lowest BCUT2D eigenvalue weighted by molar-refractivity contribution is 0.628. The molecule has 1 heterocycles. The Kier molecular flexibility index (Phi) is 3.13. The Bertz CT molecular complexity index is 810. The Labute approximate surface area is 121 Å². The first kappa shape index (κ1) is 13.2. The van der Waals surface area contributed by atoms with Gasteiger partial charge in [-0.1, -0.05) is 17.7 Å². The van der Waals surface area contributed by atoms with Gasteiger partial charge < -0.3 is 5.73 Å². The number of hydrogen-bond acceptors (Lipinski definition) is 4. The SMILES string of the molecule is Cc1ccc(-n2nnnc2-c2cc(F)ccc2N)c(C)c1. The minimum Gasteiger partial charge on any atom is -0.398 e. The van der Waals surface area contributed by atoms with Crippen molar-refractivity contribution in [2.75, 3.05) is 5.73 Å². The van der Waals surface area contributed by atoms with Crippen LogP contribution in [0.2, 0.25) is 0 Å². The van der Waals surface area contributed by atoms with Crippen LogP contribution in [0.25, 0.3) is 17.1 Å². The minimum absolute atomic E-state index is 0.380. The number of nitrogen functional groups attached to an aromatic ring is 1. The average molecular weight is 283 g/mol. The summed E-state index contributed by atoms with van der Waals surface area (Å²) in [5.74, 6) is 0.0355. The summed E-state index contributed by atoms with van der Waals surface area (Å²) in [4.78, 5) is 0. The van der Waals surface area contributed by atoms with Crippen molar-refractivity contribution in [1.82, 2.24) is 20.2 Å². The van der Waals surface area contributed by atoms with Crippen molar-refractivity contribution in [1.29, 1.82) is 0 Å². The molecule has 0 saturated carbocycles. The van der Waals surface area contributed by atoms with Gasteiger partial charge >= 0.3 is 0 Å². The standard InChI is InChI=1S/C15H14FN5/c1-9-3-6-14(10(2)7-9)21-15(18-19-20-21)12-8-11(16)4-5-13(12)17/h3-8H,17H2,1-2H3. The van der Waals surface area contributed by atoms with E-state index in [1.807, 2.05) is 32.0 Å². The van der Waals surface area contributed by atoms with Gasteiger partial charge in [0, 0.05) is 11.3 Å². The van der Waals surface area contributed by atoms with Crippen LogP contribution in [-0.2, 0) is 0 Å². The number of nitrogens with zero attached hydrogens (tertiary/aromatic N) is 4. The largest absolute Gasteiger partial charge is 0.398 e. The molecule has 3 rings (SSSR count). The summed E-state index contributed by atoms with van der Waals surface area (Å²) < 4.78 is 15.0. The van der Waals surface area contributed by atoms with Crippen LogP contribution in [0.3, 0.4) is 0 Å². The van der Waals surface area contributed by atoms with Gasteiger partial charge in [-0.05, 0) is 54.1 Å². The fourth-order valence-corrected chi connectivity index (χ4v) is 2.28. The molecule has 5 nitrogen and oxygen atoms in total. The maximum absolute atomic E-state index is 13.5. The Hall–Kier alpha value is -2.76.